The highest BCUT2D eigenvalue weighted by atomic mass is 16.6. The summed E-state index contributed by atoms with van der Waals surface area (Å²) in [5.74, 6) is -0.151. The smallest absolute Gasteiger partial charge is 0.378 e. The number of carbonyl (C=O) groups excluding carboxylic acids is 2. The largest absolute Gasteiger partial charge is 0.497 e. The van der Waals surface area contributed by atoms with Gasteiger partial charge in [-0.05, 0) is 24.3 Å². The molecular formula is C16H20N4O6. The van der Waals surface area contributed by atoms with Crippen molar-refractivity contribution in [2.75, 3.05) is 32.8 Å². The molecular weight excluding hydrogens is 344 g/mol. The second-order valence-corrected chi connectivity index (χ2v) is 4.98. The summed E-state index contributed by atoms with van der Waals surface area (Å²) >= 11 is 0. The Morgan fingerprint density at radius 2 is 1.88 bits per heavy atom. The summed E-state index contributed by atoms with van der Waals surface area (Å²) in [6.45, 7) is 1.62. The molecule has 0 atom stereocenters. The van der Waals surface area contributed by atoms with Gasteiger partial charge in [-0.1, -0.05) is 0 Å². The second kappa shape index (κ2) is 9.37. The molecule has 0 aliphatic rings. The van der Waals surface area contributed by atoms with Gasteiger partial charge in [0.25, 0.3) is 5.82 Å². The van der Waals surface area contributed by atoms with Crippen LogP contribution >= 0.6 is 0 Å². The van der Waals surface area contributed by atoms with E-state index in [1.54, 1.807) is 31.4 Å². The van der Waals surface area contributed by atoms with Gasteiger partial charge in [-0.2, -0.15) is 4.98 Å². The van der Waals surface area contributed by atoms with Crippen LogP contribution in [-0.4, -0.2) is 54.1 Å². The van der Waals surface area contributed by atoms with Gasteiger partial charge in [-0.15, -0.1) is 5.10 Å². The molecule has 0 aliphatic heterocycles. The van der Waals surface area contributed by atoms with Crippen LogP contribution in [0.15, 0.2) is 24.3 Å². The maximum Gasteiger partial charge on any atom is 0.378 e. The average Bonchev–Trinajstić information content (AvgIpc) is 3.04. The molecule has 10 heteroatoms. The van der Waals surface area contributed by atoms with Crippen LogP contribution in [0.2, 0.25) is 0 Å². The molecule has 0 spiro atoms. The first-order valence-corrected chi connectivity index (χ1v) is 7.69. The van der Waals surface area contributed by atoms with E-state index in [1.807, 2.05) is 0 Å². The minimum atomic E-state index is -0.665. The van der Waals surface area contributed by atoms with E-state index in [1.165, 1.54) is 18.7 Å². The maximum absolute atomic E-state index is 11.7. The molecule has 2 aromatic rings. The number of carbonyl (C=O) groups is 2. The number of anilines is 2. The van der Waals surface area contributed by atoms with E-state index >= 15 is 0 Å². The second-order valence-electron chi connectivity index (χ2n) is 4.98. The van der Waals surface area contributed by atoms with E-state index in [4.69, 9.17) is 14.2 Å². The molecule has 1 heterocycles. The summed E-state index contributed by atoms with van der Waals surface area (Å²) in [5, 5.41) is 7.10. The molecule has 1 aromatic heterocycles. The fourth-order valence-electron chi connectivity index (χ4n) is 1.90. The van der Waals surface area contributed by atoms with E-state index in [0.717, 1.165) is 5.69 Å². The molecule has 1 N–H and O–H groups in total. The highest BCUT2D eigenvalue weighted by Crippen LogP contribution is 2.19. The van der Waals surface area contributed by atoms with Crippen molar-refractivity contribution in [3.63, 3.8) is 0 Å². The Bertz CT molecular complexity index is 744. The number of rotatable bonds is 9. The van der Waals surface area contributed by atoms with Gasteiger partial charge in [0.1, 0.15) is 19.1 Å². The van der Waals surface area contributed by atoms with Crippen molar-refractivity contribution >= 4 is 23.6 Å². The molecule has 2 rings (SSSR count). The first-order chi connectivity index (χ1) is 12.5. The van der Waals surface area contributed by atoms with Crippen molar-refractivity contribution in [1.29, 1.82) is 0 Å². The first-order valence-electron chi connectivity index (χ1n) is 7.69. The van der Waals surface area contributed by atoms with Crippen molar-refractivity contribution in [2.24, 2.45) is 0 Å². The van der Waals surface area contributed by atoms with Gasteiger partial charge >= 0.3 is 11.9 Å². The summed E-state index contributed by atoms with van der Waals surface area (Å²) in [4.78, 5) is 26.5. The van der Waals surface area contributed by atoms with Gasteiger partial charge in [0.05, 0.1) is 20.8 Å². The van der Waals surface area contributed by atoms with Crippen LogP contribution in [0.4, 0.5) is 11.6 Å². The molecule has 0 radical (unpaired) electrons. The zero-order valence-corrected chi connectivity index (χ0v) is 14.7. The summed E-state index contributed by atoms with van der Waals surface area (Å²) in [7, 11) is 2.82. The zero-order chi connectivity index (χ0) is 18.9. The van der Waals surface area contributed by atoms with E-state index in [9.17, 15) is 9.59 Å². The number of nitrogens with one attached hydrogen (secondary N) is 1. The van der Waals surface area contributed by atoms with Gasteiger partial charge in [0.2, 0.25) is 5.95 Å². The van der Waals surface area contributed by atoms with Crippen LogP contribution in [0.25, 0.3) is 0 Å². The topological polar surface area (TPSA) is 114 Å². The Morgan fingerprint density at radius 1 is 1.15 bits per heavy atom. The lowest BCUT2D eigenvalue weighted by Crippen LogP contribution is -2.13. The number of esters is 2. The van der Waals surface area contributed by atoms with Crippen LogP contribution in [-0.2, 0) is 25.7 Å². The Labute approximate surface area is 150 Å². The number of benzene rings is 1. The third kappa shape index (κ3) is 5.45. The molecule has 0 saturated carbocycles. The number of ether oxygens (including phenoxy) is 4. The van der Waals surface area contributed by atoms with Gasteiger partial charge in [-0.3, -0.25) is 4.79 Å². The highest BCUT2D eigenvalue weighted by molar-refractivity contribution is 5.85. The predicted molar refractivity (Wildman–Crippen MR) is 90.2 cm³/mol. The lowest BCUT2D eigenvalue weighted by molar-refractivity contribution is -0.142. The van der Waals surface area contributed by atoms with Gasteiger partial charge in [0, 0.05) is 12.6 Å². The summed E-state index contributed by atoms with van der Waals surface area (Å²) in [6, 6.07) is 7.13. The molecule has 1 aromatic carbocycles. The fourth-order valence-corrected chi connectivity index (χ4v) is 1.90. The molecule has 0 unspecified atom stereocenters. The van der Waals surface area contributed by atoms with Gasteiger partial charge in [0.15, 0.2) is 0 Å². The third-order valence-corrected chi connectivity index (χ3v) is 3.13. The molecule has 10 nitrogen and oxygen atoms in total. The molecule has 0 fully saturated rings. The monoisotopic (exact) mass is 364 g/mol. The molecule has 140 valence electrons. The van der Waals surface area contributed by atoms with Crippen molar-refractivity contribution in [3.8, 4) is 5.75 Å². The fraction of sp³-hybridized carbons (Fsp3) is 0.375. The predicted octanol–water partition coefficient (Wildman–Crippen LogP) is 1.35. The Morgan fingerprint density at radius 3 is 2.50 bits per heavy atom. The lowest BCUT2D eigenvalue weighted by Gasteiger charge is -2.09. The minimum Gasteiger partial charge on any atom is -0.497 e. The average molecular weight is 364 g/mol. The van der Waals surface area contributed by atoms with E-state index in [0.29, 0.717) is 11.7 Å². The quantitative estimate of drug-likeness (QED) is 0.520. The molecule has 0 saturated heterocycles. The molecule has 26 heavy (non-hydrogen) atoms. The Kier molecular flexibility index (Phi) is 6.92. The number of hydrogen-bond acceptors (Lipinski definition) is 9. The maximum atomic E-state index is 11.7. The summed E-state index contributed by atoms with van der Waals surface area (Å²) < 4.78 is 21.3. The molecule has 0 bridgehead atoms. The van der Waals surface area contributed by atoms with Crippen LogP contribution in [0.5, 0.6) is 5.75 Å². The standard InChI is InChI=1S/C16H20N4O6/c1-11(21)26-9-8-25-10-20-16(18-14(19-20)15(22)24-3)17-12-4-6-13(23-2)7-5-12/h4-7H,8-10H2,1-3H3,(H,17,18,19). The normalized spacial score (nSPS) is 10.3. The lowest BCUT2D eigenvalue weighted by atomic mass is 10.3. The van der Waals surface area contributed by atoms with E-state index < -0.39 is 5.97 Å². The SMILES string of the molecule is COC(=O)c1nc(Nc2ccc(OC)cc2)n(COCCOC(C)=O)n1. The van der Waals surface area contributed by atoms with E-state index in [2.05, 4.69) is 20.1 Å². The van der Waals surface area contributed by atoms with Crippen LogP contribution in [0.1, 0.15) is 17.5 Å². The van der Waals surface area contributed by atoms with Crippen molar-refractivity contribution in [2.45, 2.75) is 13.7 Å². The summed E-state index contributed by atoms with van der Waals surface area (Å²) in [6.07, 6.45) is 0. The first kappa shape index (κ1) is 19.2. The minimum absolute atomic E-state index is 0.00372. The molecule has 0 amide bonds. The Hall–Kier alpha value is -3.14. The van der Waals surface area contributed by atoms with Crippen molar-refractivity contribution < 1.29 is 28.5 Å². The highest BCUT2D eigenvalue weighted by Gasteiger charge is 2.17. The van der Waals surface area contributed by atoms with Gasteiger partial charge < -0.3 is 24.3 Å². The summed E-state index contributed by atoms with van der Waals surface area (Å²) in [5.41, 5.74) is 0.718. The third-order valence-electron chi connectivity index (χ3n) is 3.13. The van der Waals surface area contributed by atoms with Gasteiger partial charge in [-0.25, -0.2) is 9.48 Å². The molecule has 0 aliphatic carbocycles. The zero-order valence-electron chi connectivity index (χ0n) is 14.7. The van der Waals surface area contributed by atoms with Crippen LogP contribution in [0.3, 0.4) is 0 Å². The van der Waals surface area contributed by atoms with Crippen LogP contribution < -0.4 is 10.1 Å². The number of nitrogens with zero attached hydrogens (tertiary/aromatic N) is 3. The van der Waals surface area contributed by atoms with Crippen molar-refractivity contribution in [1.82, 2.24) is 14.8 Å². The number of methoxy groups -OCH3 is 2. The van der Waals surface area contributed by atoms with Crippen molar-refractivity contribution in [3.05, 3.63) is 30.1 Å². The van der Waals surface area contributed by atoms with Crippen LogP contribution in [0, 0.1) is 0 Å². The Balaban J connectivity index is 2.07. The number of hydrogen-bond donors (Lipinski definition) is 1. The van der Waals surface area contributed by atoms with E-state index in [-0.39, 0.29) is 31.7 Å². The number of aromatic nitrogens is 3.